The highest BCUT2D eigenvalue weighted by atomic mass is 79.9. The molecule has 0 unspecified atom stereocenters. The molecule has 1 aromatic carbocycles. The topological polar surface area (TPSA) is 72.6 Å². The Kier molecular flexibility index (Phi) is 5.98. The first-order valence-electron chi connectivity index (χ1n) is 5.78. The van der Waals surface area contributed by atoms with Gasteiger partial charge >= 0.3 is 0 Å². The third-order valence-corrected chi connectivity index (χ3v) is 3.18. The van der Waals surface area contributed by atoms with Crippen LogP contribution in [0.25, 0.3) is 0 Å². The molecule has 0 radical (unpaired) electrons. The maximum atomic E-state index is 12.1. The third-order valence-electron chi connectivity index (χ3n) is 2.65. The Bertz CT molecular complexity index is 448. The van der Waals surface area contributed by atoms with E-state index in [9.17, 15) is 9.59 Å². The van der Waals surface area contributed by atoms with Gasteiger partial charge in [-0.15, -0.1) is 0 Å². The van der Waals surface area contributed by atoms with E-state index in [1.807, 2.05) is 24.3 Å². The van der Waals surface area contributed by atoms with E-state index in [1.165, 1.54) is 12.0 Å². The number of amides is 2. The first-order valence-corrected chi connectivity index (χ1v) is 6.57. The summed E-state index contributed by atoms with van der Waals surface area (Å²) in [4.78, 5) is 24.5. The molecule has 0 aliphatic rings. The van der Waals surface area contributed by atoms with Crippen molar-refractivity contribution in [2.24, 2.45) is 5.73 Å². The summed E-state index contributed by atoms with van der Waals surface area (Å²) in [5, 5.41) is 0. The average molecular weight is 329 g/mol. The summed E-state index contributed by atoms with van der Waals surface area (Å²) in [6.07, 6.45) is -0.602. The number of rotatable bonds is 6. The smallest absolute Gasteiger partial charge is 0.252 e. The van der Waals surface area contributed by atoms with Crippen LogP contribution in [0.3, 0.4) is 0 Å². The van der Waals surface area contributed by atoms with Gasteiger partial charge in [0.25, 0.3) is 5.91 Å². The molecule has 0 spiro atoms. The zero-order chi connectivity index (χ0) is 14.4. The Morgan fingerprint density at radius 3 is 2.42 bits per heavy atom. The molecule has 0 saturated carbocycles. The summed E-state index contributed by atoms with van der Waals surface area (Å²) < 4.78 is 5.93. The van der Waals surface area contributed by atoms with E-state index >= 15 is 0 Å². The molecule has 0 bridgehead atoms. The molecule has 6 heteroatoms. The second-order valence-electron chi connectivity index (χ2n) is 4.17. The van der Waals surface area contributed by atoms with Crippen LogP contribution >= 0.6 is 15.9 Å². The highest BCUT2D eigenvalue weighted by molar-refractivity contribution is 9.10. The molecular formula is C13H17BrN2O3. The van der Waals surface area contributed by atoms with E-state index in [4.69, 9.17) is 10.5 Å². The van der Waals surface area contributed by atoms with Crippen molar-refractivity contribution in [1.29, 1.82) is 0 Å². The number of hydrogen-bond donors (Lipinski definition) is 1. The normalized spacial score (nSPS) is 11.9. The number of halogens is 1. The molecule has 5 nitrogen and oxygen atoms in total. The van der Waals surface area contributed by atoms with Crippen LogP contribution in [-0.2, 0) is 20.9 Å². The van der Waals surface area contributed by atoms with Gasteiger partial charge in [-0.25, -0.2) is 0 Å². The molecule has 19 heavy (non-hydrogen) atoms. The zero-order valence-electron chi connectivity index (χ0n) is 10.9. The minimum Gasteiger partial charge on any atom is -0.372 e. The van der Waals surface area contributed by atoms with Crippen LogP contribution in [-0.4, -0.2) is 36.5 Å². The number of benzene rings is 1. The predicted molar refractivity (Wildman–Crippen MR) is 75.2 cm³/mol. The van der Waals surface area contributed by atoms with E-state index in [1.54, 1.807) is 6.92 Å². The fourth-order valence-corrected chi connectivity index (χ4v) is 1.83. The van der Waals surface area contributed by atoms with Gasteiger partial charge in [-0.05, 0) is 24.6 Å². The molecule has 0 fully saturated rings. The second kappa shape index (κ2) is 7.25. The number of ether oxygens (including phenoxy) is 1. The van der Waals surface area contributed by atoms with Crippen molar-refractivity contribution < 1.29 is 14.3 Å². The number of primary amides is 1. The van der Waals surface area contributed by atoms with Crippen molar-refractivity contribution in [2.75, 3.05) is 13.7 Å². The molecule has 2 amide bonds. The van der Waals surface area contributed by atoms with Crippen molar-refractivity contribution >= 4 is 27.7 Å². The van der Waals surface area contributed by atoms with E-state index in [0.717, 1.165) is 10.0 Å². The quantitative estimate of drug-likeness (QED) is 0.855. The van der Waals surface area contributed by atoms with Crippen molar-refractivity contribution in [1.82, 2.24) is 4.90 Å². The van der Waals surface area contributed by atoms with Gasteiger partial charge in [0.2, 0.25) is 5.91 Å². The largest absolute Gasteiger partial charge is 0.372 e. The molecule has 2 N–H and O–H groups in total. The van der Waals surface area contributed by atoms with Crippen LogP contribution < -0.4 is 5.73 Å². The van der Waals surface area contributed by atoms with E-state index < -0.39 is 12.0 Å². The molecule has 0 aliphatic heterocycles. The van der Waals surface area contributed by atoms with Crippen molar-refractivity contribution in [2.45, 2.75) is 19.6 Å². The summed E-state index contributed by atoms with van der Waals surface area (Å²) in [6.45, 7) is 1.84. The van der Waals surface area contributed by atoms with E-state index in [2.05, 4.69) is 15.9 Å². The maximum Gasteiger partial charge on any atom is 0.252 e. The maximum absolute atomic E-state index is 12.1. The van der Waals surface area contributed by atoms with Gasteiger partial charge in [0, 0.05) is 18.1 Å². The Balaban J connectivity index is 2.82. The number of methoxy groups -OCH3 is 1. The van der Waals surface area contributed by atoms with Crippen molar-refractivity contribution in [3.8, 4) is 0 Å². The summed E-state index contributed by atoms with van der Waals surface area (Å²) in [5.74, 6) is -0.807. The first kappa shape index (κ1) is 15.7. The minimum absolute atomic E-state index is 0.122. The SMILES string of the molecule is CO[C@@H](C)C(=O)N(CC(N)=O)Cc1ccc(Br)cc1. The van der Waals surface area contributed by atoms with Gasteiger partial charge in [0.15, 0.2) is 0 Å². The molecule has 0 saturated heterocycles. The lowest BCUT2D eigenvalue weighted by atomic mass is 10.2. The van der Waals surface area contributed by atoms with Gasteiger partial charge in [-0.1, -0.05) is 28.1 Å². The van der Waals surface area contributed by atoms with Crippen LogP contribution in [0.5, 0.6) is 0 Å². The molecule has 1 aromatic rings. The monoisotopic (exact) mass is 328 g/mol. The minimum atomic E-state index is -0.602. The number of hydrogen-bond acceptors (Lipinski definition) is 3. The summed E-state index contributed by atoms with van der Waals surface area (Å²) in [7, 11) is 1.45. The van der Waals surface area contributed by atoms with Crippen LogP contribution in [0, 0.1) is 0 Å². The first-order chi connectivity index (χ1) is 8.93. The Hall–Kier alpha value is -1.40. The second-order valence-corrected chi connectivity index (χ2v) is 5.08. The fraction of sp³-hybridized carbons (Fsp3) is 0.385. The van der Waals surface area contributed by atoms with E-state index in [-0.39, 0.29) is 12.5 Å². The van der Waals surface area contributed by atoms with Gasteiger partial charge in [-0.3, -0.25) is 9.59 Å². The van der Waals surface area contributed by atoms with Crippen LogP contribution in [0.4, 0.5) is 0 Å². The Labute approximate surface area is 120 Å². The fourth-order valence-electron chi connectivity index (χ4n) is 1.57. The molecule has 104 valence electrons. The molecule has 0 aromatic heterocycles. The highest BCUT2D eigenvalue weighted by Gasteiger charge is 2.21. The lowest BCUT2D eigenvalue weighted by molar-refractivity contribution is -0.144. The van der Waals surface area contributed by atoms with Crippen molar-refractivity contribution in [3.05, 3.63) is 34.3 Å². The van der Waals surface area contributed by atoms with Crippen LogP contribution in [0.15, 0.2) is 28.7 Å². The predicted octanol–water partition coefficient (Wildman–Crippen LogP) is 1.30. The van der Waals surface area contributed by atoms with Gasteiger partial charge in [-0.2, -0.15) is 0 Å². The molecule has 1 atom stereocenters. The number of nitrogens with two attached hydrogens (primary N) is 1. The van der Waals surface area contributed by atoms with E-state index in [0.29, 0.717) is 6.54 Å². The van der Waals surface area contributed by atoms with Crippen molar-refractivity contribution in [3.63, 3.8) is 0 Å². The third kappa shape index (κ3) is 5.00. The number of nitrogens with zero attached hydrogens (tertiary/aromatic N) is 1. The number of carbonyl (C=O) groups is 2. The molecule has 1 rings (SSSR count). The summed E-state index contributed by atoms with van der Waals surface area (Å²) >= 11 is 3.34. The summed E-state index contributed by atoms with van der Waals surface area (Å²) in [5.41, 5.74) is 6.09. The molecule has 0 heterocycles. The Morgan fingerprint density at radius 1 is 1.37 bits per heavy atom. The van der Waals surface area contributed by atoms with Crippen LogP contribution in [0.2, 0.25) is 0 Å². The average Bonchev–Trinajstić information content (AvgIpc) is 2.38. The highest BCUT2D eigenvalue weighted by Crippen LogP contribution is 2.13. The summed E-state index contributed by atoms with van der Waals surface area (Å²) in [6, 6.07) is 7.51. The number of carbonyl (C=O) groups excluding carboxylic acids is 2. The molecular weight excluding hydrogens is 312 g/mol. The van der Waals surface area contributed by atoms with Gasteiger partial charge < -0.3 is 15.4 Å². The Morgan fingerprint density at radius 2 is 1.95 bits per heavy atom. The van der Waals surface area contributed by atoms with Crippen LogP contribution in [0.1, 0.15) is 12.5 Å². The lowest BCUT2D eigenvalue weighted by Gasteiger charge is -2.24. The molecule has 0 aliphatic carbocycles. The zero-order valence-corrected chi connectivity index (χ0v) is 12.5. The van der Waals surface area contributed by atoms with Gasteiger partial charge in [0.05, 0.1) is 6.54 Å². The standard InChI is InChI=1S/C13H17BrN2O3/c1-9(19-2)13(18)16(8-12(15)17)7-10-3-5-11(14)6-4-10/h3-6,9H,7-8H2,1-2H3,(H2,15,17)/t9-/m0/s1. The lowest BCUT2D eigenvalue weighted by Crippen LogP contribution is -2.43. The van der Waals surface area contributed by atoms with Gasteiger partial charge in [0.1, 0.15) is 6.10 Å².